The fourth-order valence-corrected chi connectivity index (χ4v) is 4.36. The van der Waals surface area contributed by atoms with Crippen LogP contribution in [-0.4, -0.2) is 43.6 Å². The summed E-state index contributed by atoms with van der Waals surface area (Å²) < 4.78 is 29.3. The first kappa shape index (κ1) is 19.1. The van der Waals surface area contributed by atoms with E-state index < -0.39 is 15.9 Å². The highest BCUT2D eigenvalue weighted by Gasteiger charge is 2.20. The fraction of sp³-hybridized carbons (Fsp3) is 0.190. The first-order valence-corrected chi connectivity index (χ1v) is 10.7. The molecule has 0 atom stereocenters. The van der Waals surface area contributed by atoms with E-state index in [1.807, 2.05) is 42.3 Å². The van der Waals surface area contributed by atoms with Gasteiger partial charge in [0.05, 0.1) is 10.4 Å². The Kier molecular flexibility index (Phi) is 5.02. The van der Waals surface area contributed by atoms with Gasteiger partial charge in [0.2, 0.25) is 0 Å². The number of hydrogen-bond donors (Lipinski definition) is 1. The number of carbonyl (C=O) groups is 1. The van der Waals surface area contributed by atoms with Crippen molar-refractivity contribution in [3.05, 3.63) is 66.4 Å². The van der Waals surface area contributed by atoms with E-state index in [-0.39, 0.29) is 10.6 Å². The first-order valence-electron chi connectivity index (χ1n) is 9.24. The van der Waals surface area contributed by atoms with Gasteiger partial charge in [-0.25, -0.2) is 4.98 Å². The Morgan fingerprint density at radius 2 is 1.93 bits per heavy atom. The molecule has 0 spiro atoms. The average molecular weight is 408 g/mol. The first-order chi connectivity index (χ1) is 13.9. The second kappa shape index (κ2) is 7.63. The van der Waals surface area contributed by atoms with Gasteiger partial charge in [-0.1, -0.05) is 30.3 Å². The maximum Gasteiger partial charge on any atom is 0.284 e. The van der Waals surface area contributed by atoms with Crippen LogP contribution in [-0.2, 0) is 10.0 Å². The molecule has 1 fully saturated rings. The van der Waals surface area contributed by atoms with Crippen molar-refractivity contribution < 1.29 is 13.2 Å². The topological polar surface area (TPSA) is 91.7 Å². The lowest BCUT2D eigenvalue weighted by molar-refractivity contribution is 0.102. The predicted molar refractivity (Wildman–Crippen MR) is 113 cm³/mol. The molecule has 1 aliphatic heterocycles. The highest BCUT2D eigenvalue weighted by molar-refractivity contribution is 7.90. The molecular weight excluding hydrogens is 388 g/mol. The zero-order valence-corrected chi connectivity index (χ0v) is 16.7. The number of nitrogens with zero attached hydrogens (tertiary/aromatic N) is 3. The molecule has 148 valence electrons. The van der Waals surface area contributed by atoms with E-state index in [2.05, 4.69) is 14.7 Å². The number of nitrogens with one attached hydrogen (secondary N) is 1. The Morgan fingerprint density at radius 3 is 2.72 bits per heavy atom. The minimum Gasteiger partial charge on any atom is -0.362 e. The van der Waals surface area contributed by atoms with Gasteiger partial charge in [0, 0.05) is 31.1 Å². The number of fused-ring (bicyclic) bond motifs is 1. The largest absolute Gasteiger partial charge is 0.362 e. The molecule has 0 saturated carbocycles. The van der Waals surface area contributed by atoms with Gasteiger partial charge < -0.3 is 10.2 Å². The maximum atomic E-state index is 12.6. The fourth-order valence-electron chi connectivity index (χ4n) is 3.22. The number of pyridine rings is 1. The molecule has 0 radical (unpaired) electrons. The summed E-state index contributed by atoms with van der Waals surface area (Å²) in [6, 6.07) is 17.1. The summed E-state index contributed by atoms with van der Waals surface area (Å²) in [6.07, 6.45) is 1.53. The van der Waals surface area contributed by atoms with E-state index >= 15 is 0 Å². The van der Waals surface area contributed by atoms with Gasteiger partial charge in [-0.05, 0) is 36.8 Å². The number of aromatic nitrogens is 1. The van der Waals surface area contributed by atoms with E-state index in [4.69, 9.17) is 0 Å². The standard InChI is InChI=1S/C21H20N4O3S/c1-25-13-5-10-20(25)24-29(27,28)17-8-4-7-16(14-17)22-21(26)19-12-11-15-6-2-3-9-18(15)23-19/h2-4,6-9,11-12,14H,5,10,13H2,1H3,(H,22,26)/b24-20+. The van der Waals surface area contributed by atoms with E-state index in [9.17, 15) is 13.2 Å². The summed E-state index contributed by atoms with van der Waals surface area (Å²) in [5, 5.41) is 3.65. The second-order valence-electron chi connectivity index (χ2n) is 6.88. The third-order valence-corrected chi connectivity index (χ3v) is 6.08. The molecule has 3 aromatic rings. The Morgan fingerprint density at radius 1 is 1.10 bits per heavy atom. The summed E-state index contributed by atoms with van der Waals surface area (Å²) in [6.45, 7) is 0.795. The van der Waals surface area contributed by atoms with Crippen LogP contribution in [0, 0.1) is 0 Å². The molecule has 7 nitrogen and oxygen atoms in total. The average Bonchev–Trinajstić information content (AvgIpc) is 3.11. The van der Waals surface area contributed by atoms with Gasteiger partial charge in [-0.2, -0.15) is 8.42 Å². The summed E-state index contributed by atoms with van der Waals surface area (Å²) in [5.41, 5.74) is 1.34. The van der Waals surface area contributed by atoms with Gasteiger partial charge in [0.15, 0.2) is 0 Å². The van der Waals surface area contributed by atoms with E-state index in [0.717, 1.165) is 18.4 Å². The van der Waals surface area contributed by atoms with Gasteiger partial charge in [-0.15, -0.1) is 4.40 Å². The Balaban J connectivity index is 1.57. The molecule has 2 aromatic carbocycles. The van der Waals surface area contributed by atoms with Crippen molar-refractivity contribution in [2.75, 3.05) is 18.9 Å². The molecule has 1 N–H and O–H groups in total. The van der Waals surface area contributed by atoms with Crippen molar-refractivity contribution in [3.63, 3.8) is 0 Å². The summed E-state index contributed by atoms with van der Waals surface area (Å²) >= 11 is 0. The molecule has 4 rings (SSSR count). The van der Waals surface area contributed by atoms with Crippen molar-refractivity contribution in [2.45, 2.75) is 17.7 Å². The molecule has 2 heterocycles. The van der Waals surface area contributed by atoms with Crippen LogP contribution in [0.15, 0.2) is 70.0 Å². The number of hydrogen-bond acceptors (Lipinski definition) is 4. The number of likely N-dealkylation sites (tertiary alicyclic amines) is 1. The van der Waals surface area contributed by atoms with Crippen LogP contribution in [0.25, 0.3) is 10.9 Å². The number of sulfonamides is 1. The Bertz CT molecular complexity index is 1220. The summed E-state index contributed by atoms with van der Waals surface area (Å²) in [5.74, 6) is 0.145. The summed E-state index contributed by atoms with van der Waals surface area (Å²) in [4.78, 5) is 18.8. The molecule has 29 heavy (non-hydrogen) atoms. The van der Waals surface area contributed by atoms with Crippen molar-refractivity contribution in [2.24, 2.45) is 4.40 Å². The highest BCUT2D eigenvalue weighted by atomic mass is 32.2. The van der Waals surface area contributed by atoms with E-state index in [1.54, 1.807) is 18.2 Å². The normalized spacial score (nSPS) is 15.8. The minimum absolute atomic E-state index is 0.0366. The van der Waals surface area contributed by atoms with Crippen LogP contribution in [0.2, 0.25) is 0 Å². The molecule has 0 aliphatic carbocycles. The van der Waals surface area contributed by atoms with Gasteiger partial charge in [-0.3, -0.25) is 4.79 Å². The zero-order chi connectivity index (χ0) is 20.4. The van der Waals surface area contributed by atoms with Crippen LogP contribution < -0.4 is 5.32 Å². The molecule has 1 aliphatic rings. The maximum absolute atomic E-state index is 12.6. The van der Waals surface area contributed by atoms with Crippen molar-refractivity contribution in [1.29, 1.82) is 0 Å². The molecule has 0 bridgehead atoms. The second-order valence-corrected chi connectivity index (χ2v) is 8.48. The van der Waals surface area contributed by atoms with Crippen LogP contribution >= 0.6 is 0 Å². The molecular formula is C21H20N4O3S. The van der Waals surface area contributed by atoms with Gasteiger partial charge in [0.1, 0.15) is 11.5 Å². The zero-order valence-electron chi connectivity index (χ0n) is 15.9. The number of anilines is 1. The monoisotopic (exact) mass is 408 g/mol. The highest BCUT2D eigenvalue weighted by Crippen LogP contribution is 2.21. The minimum atomic E-state index is -3.85. The SMILES string of the molecule is CN1CCC/C1=N\S(=O)(=O)c1cccc(NC(=O)c2ccc3ccccc3n2)c1. The van der Waals surface area contributed by atoms with Crippen LogP contribution in [0.5, 0.6) is 0 Å². The number of para-hydroxylation sites is 1. The molecule has 0 unspecified atom stereocenters. The van der Waals surface area contributed by atoms with Crippen LogP contribution in [0.1, 0.15) is 23.3 Å². The molecule has 1 amide bonds. The van der Waals surface area contributed by atoms with E-state index in [0.29, 0.717) is 23.5 Å². The smallest absolute Gasteiger partial charge is 0.284 e. The van der Waals surface area contributed by atoms with Crippen molar-refractivity contribution in [1.82, 2.24) is 9.88 Å². The lowest BCUT2D eigenvalue weighted by Crippen LogP contribution is -2.20. The number of rotatable bonds is 4. The van der Waals surface area contributed by atoms with Crippen LogP contribution in [0.3, 0.4) is 0 Å². The number of amidine groups is 1. The van der Waals surface area contributed by atoms with Crippen molar-refractivity contribution >= 4 is 38.4 Å². The summed E-state index contributed by atoms with van der Waals surface area (Å²) in [7, 11) is -2.02. The number of amides is 1. The molecule has 1 saturated heterocycles. The van der Waals surface area contributed by atoms with Gasteiger partial charge >= 0.3 is 0 Å². The molecule has 1 aromatic heterocycles. The lowest BCUT2D eigenvalue weighted by Gasteiger charge is -2.11. The quantitative estimate of drug-likeness (QED) is 0.715. The Labute approximate surface area is 169 Å². The van der Waals surface area contributed by atoms with Crippen molar-refractivity contribution in [3.8, 4) is 0 Å². The Hall–Kier alpha value is -3.26. The van der Waals surface area contributed by atoms with E-state index in [1.165, 1.54) is 12.1 Å². The molecule has 8 heteroatoms. The lowest BCUT2D eigenvalue weighted by atomic mass is 10.2. The predicted octanol–water partition coefficient (Wildman–Crippen LogP) is 3.30. The number of carbonyl (C=O) groups excluding carboxylic acids is 1. The third kappa shape index (κ3) is 4.12. The number of benzene rings is 2. The van der Waals surface area contributed by atoms with Crippen LogP contribution in [0.4, 0.5) is 5.69 Å². The van der Waals surface area contributed by atoms with Gasteiger partial charge in [0.25, 0.3) is 15.9 Å². The third-order valence-electron chi connectivity index (χ3n) is 4.78.